The Morgan fingerprint density at radius 2 is 2.31 bits per heavy atom. The summed E-state index contributed by atoms with van der Waals surface area (Å²) < 4.78 is 1.13. The van der Waals surface area contributed by atoms with Crippen LogP contribution in [0.2, 0.25) is 0 Å². The lowest BCUT2D eigenvalue weighted by Crippen LogP contribution is -2.17. The number of aliphatic imine (C=N–C) groups is 1. The van der Waals surface area contributed by atoms with Crippen LogP contribution in [-0.4, -0.2) is 17.0 Å². The van der Waals surface area contributed by atoms with Crippen molar-refractivity contribution >= 4 is 38.5 Å². The molecule has 4 heteroatoms. The molecule has 86 valence electrons. The van der Waals surface area contributed by atoms with Crippen molar-refractivity contribution in [2.24, 2.45) is 4.99 Å². The van der Waals surface area contributed by atoms with Gasteiger partial charge in [0.15, 0.2) is 5.17 Å². The first-order chi connectivity index (χ1) is 7.65. The second-order valence-corrected chi connectivity index (χ2v) is 5.95. The zero-order valence-corrected chi connectivity index (χ0v) is 11.9. The highest BCUT2D eigenvalue weighted by Crippen LogP contribution is 2.23. The van der Waals surface area contributed by atoms with Crippen LogP contribution in [0, 0.1) is 6.92 Å². The van der Waals surface area contributed by atoms with Crippen LogP contribution in [-0.2, 0) is 0 Å². The van der Waals surface area contributed by atoms with Crippen LogP contribution in [0.25, 0.3) is 0 Å². The molecule has 1 atom stereocenters. The molecule has 16 heavy (non-hydrogen) atoms. The van der Waals surface area contributed by atoms with E-state index in [1.165, 1.54) is 12.0 Å². The van der Waals surface area contributed by atoms with Gasteiger partial charge in [-0.25, -0.2) is 0 Å². The fraction of sp³-hybridized carbons (Fsp3) is 0.417. The van der Waals surface area contributed by atoms with E-state index in [2.05, 4.69) is 58.3 Å². The molecule has 0 spiro atoms. The first-order valence-electron chi connectivity index (χ1n) is 5.39. The van der Waals surface area contributed by atoms with Crippen molar-refractivity contribution in [3.8, 4) is 0 Å². The largest absolute Gasteiger partial charge is 0.335 e. The van der Waals surface area contributed by atoms with Gasteiger partial charge in [-0.05, 0) is 38.0 Å². The summed E-state index contributed by atoms with van der Waals surface area (Å²) in [7, 11) is 0. The van der Waals surface area contributed by atoms with E-state index in [0.29, 0.717) is 6.04 Å². The molecule has 2 rings (SSSR count). The number of thioether (sulfide) groups is 1. The molecule has 1 aliphatic rings. The Bertz CT molecular complexity index is 417. The van der Waals surface area contributed by atoms with Gasteiger partial charge >= 0.3 is 0 Å². The number of aryl methyl sites for hydroxylation is 1. The third-order valence-electron chi connectivity index (χ3n) is 2.54. The fourth-order valence-corrected chi connectivity index (χ4v) is 2.97. The Hall–Kier alpha value is -0.480. The van der Waals surface area contributed by atoms with Gasteiger partial charge in [0.05, 0.1) is 6.04 Å². The molecular formula is C12H15BrN2S. The van der Waals surface area contributed by atoms with Crippen molar-refractivity contribution in [2.45, 2.75) is 26.3 Å². The predicted molar refractivity (Wildman–Crippen MR) is 76.5 cm³/mol. The maximum Gasteiger partial charge on any atom is 0.161 e. The number of hydrogen-bond donors (Lipinski definition) is 1. The molecule has 1 aliphatic heterocycles. The Morgan fingerprint density at radius 1 is 1.50 bits per heavy atom. The van der Waals surface area contributed by atoms with Gasteiger partial charge in [0, 0.05) is 15.9 Å². The Kier molecular flexibility index (Phi) is 3.92. The molecule has 1 unspecified atom stereocenters. The minimum atomic E-state index is 0.442. The third-order valence-corrected chi connectivity index (χ3v) is 4.31. The van der Waals surface area contributed by atoms with Gasteiger partial charge in [0.25, 0.3) is 0 Å². The molecule has 0 fully saturated rings. The molecule has 1 heterocycles. The normalized spacial score (nSPS) is 20.4. The first kappa shape index (κ1) is 12.0. The van der Waals surface area contributed by atoms with Crippen molar-refractivity contribution in [3.05, 3.63) is 28.2 Å². The van der Waals surface area contributed by atoms with E-state index in [1.54, 1.807) is 11.8 Å². The number of nitrogens with one attached hydrogen (secondary N) is 1. The van der Waals surface area contributed by atoms with Crippen molar-refractivity contribution in [3.63, 3.8) is 0 Å². The van der Waals surface area contributed by atoms with Crippen LogP contribution in [0.4, 0.5) is 5.69 Å². The Morgan fingerprint density at radius 3 is 3.00 bits per heavy atom. The minimum Gasteiger partial charge on any atom is -0.335 e. The molecule has 1 N–H and O–H groups in total. The topological polar surface area (TPSA) is 24.4 Å². The predicted octanol–water partition coefficient (Wildman–Crippen LogP) is 4.05. The molecule has 1 aromatic carbocycles. The van der Waals surface area contributed by atoms with E-state index >= 15 is 0 Å². The highest BCUT2D eigenvalue weighted by Gasteiger charge is 2.11. The number of hydrogen-bond acceptors (Lipinski definition) is 3. The molecule has 0 aliphatic carbocycles. The summed E-state index contributed by atoms with van der Waals surface area (Å²) >= 11 is 5.33. The number of anilines is 1. The van der Waals surface area contributed by atoms with Gasteiger partial charge < -0.3 is 5.32 Å². The van der Waals surface area contributed by atoms with E-state index in [9.17, 15) is 0 Å². The molecule has 0 amide bonds. The summed E-state index contributed by atoms with van der Waals surface area (Å²) in [6.07, 6.45) is 1.17. The summed E-state index contributed by atoms with van der Waals surface area (Å²) in [5.41, 5.74) is 2.34. The first-order valence-corrected chi connectivity index (χ1v) is 7.17. The van der Waals surface area contributed by atoms with Crippen LogP contribution < -0.4 is 5.32 Å². The third kappa shape index (κ3) is 3.01. The minimum absolute atomic E-state index is 0.442. The molecule has 0 saturated carbocycles. The van der Waals surface area contributed by atoms with Crippen LogP contribution in [0.1, 0.15) is 18.9 Å². The SMILES string of the molecule is Cc1ccc(NC2=NC(C)CCS2)cc1Br. The molecule has 2 nitrogen and oxygen atoms in total. The van der Waals surface area contributed by atoms with E-state index in [4.69, 9.17) is 0 Å². The van der Waals surface area contributed by atoms with Gasteiger partial charge in [0.1, 0.15) is 0 Å². The number of amidine groups is 1. The number of halogens is 1. The van der Waals surface area contributed by atoms with E-state index < -0.39 is 0 Å². The summed E-state index contributed by atoms with van der Waals surface area (Å²) in [4.78, 5) is 4.58. The second kappa shape index (κ2) is 5.23. The lowest BCUT2D eigenvalue weighted by molar-refractivity contribution is 0.720. The summed E-state index contributed by atoms with van der Waals surface area (Å²) in [6.45, 7) is 4.25. The Balaban J connectivity index is 2.11. The average Bonchev–Trinajstić information content (AvgIpc) is 2.24. The van der Waals surface area contributed by atoms with Crippen LogP contribution in [0.15, 0.2) is 27.7 Å². The van der Waals surface area contributed by atoms with Crippen LogP contribution in [0.3, 0.4) is 0 Å². The summed E-state index contributed by atoms with van der Waals surface area (Å²) in [5.74, 6) is 1.15. The van der Waals surface area contributed by atoms with Crippen molar-refractivity contribution in [1.82, 2.24) is 0 Å². The highest BCUT2D eigenvalue weighted by molar-refractivity contribution is 9.10. The zero-order valence-electron chi connectivity index (χ0n) is 9.46. The molecular weight excluding hydrogens is 284 g/mol. The van der Waals surface area contributed by atoms with E-state index in [1.807, 2.05) is 0 Å². The lowest BCUT2D eigenvalue weighted by atomic mass is 10.2. The zero-order chi connectivity index (χ0) is 11.5. The van der Waals surface area contributed by atoms with Gasteiger partial charge in [0.2, 0.25) is 0 Å². The van der Waals surface area contributed by atoms with E-state index in [-0.39, 0.29) is 0 Å². The van der Waals surface area contributed by atoms with Gasteiger partial charge in [-0.1, -0.05) is 33.8 Å². The van der Waals surface area contributed by atoms with Gasteiger partial charge in [-0.3, -0.25) is 4.99 Å². The standard InChI is InChI=1S/C12H15BrN2S/c1-8-3-4-10(7-11(8)13)15-12-14-9(2)5-6-16-12/h3-4,7,9H,5-6H2,1-2H3,(H,14,15). The van der Waals surface area contributed by atoms with E-state index in [0.717, 1.165) is 21.1 Å². The maximum atomic E-state index is 4.58. The maximum absolute atomic E-state index is 4.58. The highest BCUT2D eigenvalue weighted by atomic mass is 79.9. The van der Waals surface area contributed by atoms with Gasteiger partial charge in [-0.2, -0.15) is 0 Å². The summed E-state index contributed by atoms with van der Waals surface area (Å²) in [6, 6.07) is 6.72. The Labute approximate surface area is 109 Å². The monoisotopic (exact) mass is 298 g/mol. The quantitative estimate of drug-likeness (QED) is 0.846. The summed E-state index contributed by atoms with van der Waals surface area (Å²) in [5, 5.41) is 4.40. The van der Waals surface area contributed by atoms with Crippen molar-refractivity contribution in [2.75, 3.05) is 11.1 Å². The molecule has 0 saturated heterocycles. The molecule has 0 bridgehead atoms. The molecule has 0 aromatic heterocycles. The molecule has 1 aromatic rings. The fourth-order valence-electron chi connectivity index (χ4n) is 1.49. The van der Waals surface area contributed by atoms with Crippen LogP contribution >= 0.6 is 27.7 Å². The smallest absolute Gasteiger partial charge is 0.161 e. The van der Waals surface area contributed by atoms with Crippen LogP contribution in [0.5, 0.6) is 0 Å². The van der Waals surface area contributed by atoms with Crippen molar-refractivity contribution < 1.29 is 0 Å². The second-order valence-electron chi connectivity index (χ2n) is 4.01. The number of benzene rings is 1. The van der Waals surface area contributed by atoms with Crippen molar-refractivity contribution in [1.29, 1.82) is 0 Å². The number of nitrogens with zero attached hydrogens (tertiary/aromatic N) is 1. The molecule has 0 radical (unpaired) electrons. The average molecular weight is 299 g/mol. The number of rotatable bonds is 1. The van der Waals surface area contributed by atoms with Gasteiger partial charge in [-0.15, -0.1) is 0 Å². The lowest BCUT2D eigenvalue weighted by Gasteiger charge is -2.17.